The van der Waals surface area contributed by atoms with E-state index in [0.717, 1.165) is 75.5 Å². The molecule has 6 aliphatic rings. The van der Waals surface area contributed by atoms with Gasteiger partial charge in [-0.15, -0.1) is 0 Å². The van der Waals surface area contributed by atoms with E-state index in [4.69, 9.17) is 4.74 Å². The van der Waals surface area contributed by atoms with Crippen LogP contribution in [0.1, 0.15) is 119 Å². The van der Waals surface area contributed by atoms with Gasteiger partial charge in [0.25, 0.3) is 11.8 Å². The van der Waals surface area contributed by atoms with E-state index in [1.807, 2.05) is 18.2 Å². The normalized spacial score (nSPS) is 32.4. The largest absolute Gasteiger partial charge is 0.393 e. The molecule has 61 heavy (non-hydrogen) atoms. The highest BCUT2D eigenvalue weighted by Gasteiger charge is 2.62. The minimum atomic E-state index is -0.389. The lowest BCUT2D eigenvalue weighted by atomic mass is 9.43. The van der Waals surface area contributed by atoms with Crippen molar-refractivity contribution in [2.45, 2.75) is 110 Å². The van der Waals surface area contributed by atoms with E-state index in [1.165, 1.54) is 11.3 Å². The molecule has 2 heterocycles. The quantitative estimate of drug-likeness (QED) is 0.167. The van der Waals surface area contributed by atoms with Gasteiger partial charge in [0.05, 0.1) is 25.4 Å². The number of ether oxygens (including phenoxy) is 1. The van der Waals surface area contributed by atoms with Gasteiger partial charge in [-0.1, -0.05) is 32.9 Å². The van der Waals surface area contributed by atoms with Crippen LogP contribution in [0.3, 0.4) is 0 Å². The third kappa shape index (κ3) is 8.43. The molecule has 1 saturated heterocycles. The van der Waals surface area contributed by atoms with E-state index in [-0.39, 0.29) is 91.6 Å². The highest BCUT2D eigenvalue weighted by molar-refractivity contribution is 6.26. The van der Waals surface area contributed by atoms with Crippen molar-refractivity contribution in [1.29, 1.82) is 0 Å². The molecule has 4 saturated carbocycles. The number of benzene rings is 2. The van der Waals surface area contributed by atoms with Gasteiger partial charge in [-0.3, -0.25) is 28.9 Å². The van der Waals surface area contributed by atoms with Gasteiger partial charge in [0.2, 0.25) is 17.7 Å². The van der Waals surface area contributed by atoms with Gasteiger partial charge in [0.15, 0.2) is 0 Å². The molecule has 0 unspecified atom stereocenters. The minimum Gasteiger partial charge on any atom is -0.393 e. The number of rotatable bonds is 14. The fraction of sp³-hybridized carbons (Fsp3) is 0.688. The molecule has 2 aliphatic heterocycles. The first-order valence-corrected chi connectivity index (χ1v) is 23.2. The molecule has 13 heteroatoms. The number of carbonyl (C=O) groups excluding carboxylic acids is 5. The first-order chi connectivity index (χ1) is 29.3. The van der Waals surface area contributed by atoms with Crippen LogP contribution in [-0.2, 0) is 19.1 Å². The van der Waals surface area contributed by atoms with Crippen molar-refractivity contribution in [3.05, 3.63) is 41.5 Å². The maximum atomic E-state index is 13.5. The summed E-state index contributed by atoms with van der Waals surface area (Å²) in [6, 6.07) is 9.23. The topological polar surface area (TPSA) is 178 Å². The lowest BCUT2D eigenvalue weighted by Crippen LogP contribution is -2.58. The first kappa shape index (κ1) is 43.6. The highest BCUT2D eigenvalue weighted by atomic mass is 16.5. The Labute approximate surface area is 360 Å². The van der Waals surface area contributed by atoms with E-state index in [1.54, 1.807) is 12.1 Å². The van der Waals surface area contributed by atoms with Gasteiger partial charge in [0.1, 0.15) is 0 Å². The van der Waals surface area contributed by atoms with Gasteiger partial charge >= 0.3 is 0 Å². The van der Waals surface area contributed by atoms with Crippen molar-refractivity contribution in [3.8, 4) is 0 Å². The van der Waals surface area contributed by atoms with Crippen molar-refractivity contribution in [3.63, 3.8) is 0 Å². The van der Waals surface area contributed by atoms with Crippen LogP contribution in [0, 0.1) is 46.3 Å². The number of anilines is 1. The Morgan fingerprint density at radius 3 is 2.15 bits per heavy atom. The van der Waals surface area contributed by atoms with E-state index in [0.29, 0.717) is 71.7 Å². The maximum Gasteiger partial charge on any atom is 0.261 e. The van der Waals surface area contributed by atoms with Crippen molar-refractivity contribution >= 4 is 46.0 Å². The van der Waals surface area contributed by atoms with Crippen LogP contribution >= 0.6 is 0 Å². The van der Waals surface area contributed by atoms with Crippen LogP contribution in [0.25, 0.3) is 10.8 Å². The average Bonchev–Trinajstić information content (AvgIpc) is 3.61. The summed E-state index contributed by atoms with van der Waals surface area (Å²) in [5, 5.41) is 31.9. The molecule has 0 spiro atoms. The summed E-state index contributed by atoms with van der Waals surface area (Å²) < 4.78 is 5.50. The first-order valence-electron chi connectivity index (χ1n) is 23.2. The molecule has 8 rings (SSSR count). The fourth-order valence-electron chi connectivity index (χ4n) is 13.4. The number of nitrogens with zero attached hydrogens (tertiary/aromatic N) is 2. The molecule has 5 fully saturated rings. The van der Waals surface area contributed by atoms with Crippen LogP contribution in [0.4, 0.5) is 5.69 Å². The summed E-state index contributed by atoms with van der Waals surface area (Å²) in [4.78, 5) is 68.4. The monoisotopic (exact) mass is 841 g/mol. The number of amides is 5. The number of imide groups is 1. The molecule has 2 aromatic rings. The van der Waals surface area contributed by atoms with E-state index in [9.17, 15) is 34.2 Å². The molecule has 0 aromatic heterocycles. The third-order valence-electron chi connectivity index (χ3n) is 16.6. The maximum absolute atomic E-state index is 13.5. The number of aliphatic hydroxyl groups is 2. The molecule has 0 bridgehead atoms. The molecule has 0 radical (unpaired) electrons. The number of nitrogens with one attached hydrogen (secondary N) is 3. The Morgan fingerprint density at radius 1 is 0.787 bits per heavy atom. The Balaban J connectivity index is 0.718. The summed E-state index contributed by atoms with van der Waals surface area (Å²) in [6.07, 6.45) is 8.97. The molecule has 2 aromatic carbocycles. The number of fused-ring (bicyclic) bond motifs is 5. The summed E-state index contributed by atoms with van der Waals surface area (Å²) in [5.41, 5.74) is 2.27. The molecule has 4 aliphatic carbocycles. The van der Waals surface area contributed by atoms with Gasteiger partial charge in [-0.2, -0.15) is 0 Å². The second kappa shape index (κ2) is 18.0. The second-order valence-corrected chi connectivity index (χ2v) is 19.7. The molecule has 332 valence electrons. The summed E-state index contributed by atoms with van der Waals surface area (Å²) >= 11 is 0. The Bertz CT molecular complexity index is 1980. The Hall–Kier alpha value is -4.07. The van der Waals surface area contributed by atoms with E-state index in [2.05, 4.69) is 41.6 Å². The van der Waals surface area contributed by atoms with E-state index >= 15 is 0 Å². The zero-order chi connectivity index (χ0) is 43.1. The fourth-order valence-corrected chi connectivity index (χ4v) is 13.4. The zero-order valence-electron chi connectivity index (χ0n) is 36.4. The van der Waals surface area contributed by atoms with Crippen molar-refractivity contribution in [2.75, 3.05) is 57.4 Å². The summed E-state index contributed by atoms with van der Waals surface area (Å²) in [6.45, 7) is 10.4. The summed E-state index contributed by atoms with van der Waals surface area (Å²) in [7, 11) is 0. The standard InChI is InChI=1S/C48H67N5O8/c1-29(35-9-10-36-44-37(14-18-48(35,36)3)47(2)17-13-31(54)27-30(47)28-39(44)55)7-12-40(56)49-19-15-41(57)50-20-16-42(58)51-21-22-53-45(59)33-6-4-5-32-38(52-23-25-61-26-24-52)11-8-34(43(32)33)46(53)60/h4-6,8,11,29-31,35-37,39,44,54-55H,7,9-10,12-28H2,1-3H3,(H,49,56)(H,50,57)(H,51,58)/t29-,30+,31-,35-,36+,37+,39-,44+,47+,48-/m1/s1. The SMILES string of the molecule is C[C@H](CCC(=O)NCCC(=O)NCCC(=O)NCCN1C(=O)c2cccc3c(N4CCOCC4)ccc(c23)C1=O)[C@H]1CC[C@H]2[C@@H]3[C@H](O)C[C@@H]4C[C@H](O)CC[C@]4(C)[C@H]3CC[C@]12C. The second-order valence-electron chi connectivity index (χ2n) is 19.7. The van der Waals surface area contributed by atoms with Crippen molar-refractivity contribution in [2.24, 2.45) is 46.3 Å². The predicted molar refractivity (Wildman–Crippen MR) is 232 cm³/mol. The van der Waals surface area contributed by atoms with Crippen molar-refractivity contribution < 1.29 is 38.9 Å². The smallest absolute Gasteiger partial charge is 0.261 e. The number of carbonyl (C=O) groups is 5. The molecular formula is C48H67N5O8. The lowest BCUT2D eigenvalue weighted by molar-refractivity contribution is -0.174. The number of hydrogen-bond acceptors (Lipinski definition) is 9. The van der Waals surface area contributed by atoms with Crippen LogP contribution in [0.15, 0.2) is 30.3 Å². The third-order valence-corrected chi connectivity index (χ3v) is 16.6. The van der Waals surface area contributed by atoms with Crippen LogP contribution in [0.5, 0.6) is 0 Å². The molecule has 13 nitrogen and oxygen atoms in total. The lowest BCUT2D eigenvalue weighted by Gasteiger charge is -2.62. The molecule has 5 amide bonds. The van der Waals surface area contributed by atoms with Crippen molar-refractivity contribution in [1.82, 2.24) is 20.9 Å². The number of hydrogen-bond donors (Lipinski definition) is 5. The molecular weight excluding hydrogens is 775 g/mol. The molecule has 10 atom stereocenters. The summed E-state index contributed by atoms with van der Waals surface area (Å²) in [5.74, 6) is 1.23. The Morgan fingerprint density at radius 2 is 1.43 bits per heavy atom. The van der Waals surface area contributed by atoms with Crippen LogP contribution < -0.4 is 20.9 Å². The number of aliphatic hydroxyl groups excluding tert-OH is 2. The zero-order valence-corrected chi connectivity index (χ0v) is 36.4. The predicted octanol–water partition coefficient (Wildman–Crippen LogP) is 4.81. The average molecular weight is 842 g/mol. The number of morpholine rings is 1. The van der Waals surface area contributed by atoms with Crippen LogP contribution in [0.2, 0.25) is 0 Å². The highest BCUT2D eigenvalue weighted by Crippen LogP contribution is 2.68. The van der Waals surface area contributed by atoms with Gasteiger partial charge in [-0.25, -0.2) is 0 Å². The Kier molecular flexibility index (Phi) is 12.8. The molecule has 5 N–H and O–H groups in total. The minimum absolute atomic E-state index is 0.0215. The van der Waals surface area contributed by atoms with Gasteiger partial charge in [-0.05, 0) is 122 Å². The van der Waals surface area contributed by atoms with Gasteiger partial charge in [0, 0.05) is 86.1 Å². The van der Waals surface area contributed by atoms with Crippen LogP contribution in [-0.4, -0.2) is 109 Å². The van der Waals surface area contributed by atoms with Gasteiger partial charge < -0.3 is 35.8 Å². The van der Waals surface area contributed by atoms with E-state index < -0.39 is 0 Å².